The lowest BCUT2D eigenvalue weighted by Crippen LogP contribution is -2.37. The van der Waals surface area contributed by atoms with Crippen LogP contribution in [0.5, 0.6) is 0 Å². The third-order valence-electron chi connectivity index (χ3n) is 6.99. The van der Waals surface area contributed by atoms with Crippen LogP contribution < -0.4 is 10.2 Å². The highest BCUT2D eigenvalue weighted by atomic mass is 16.5. The van der Waals surface area contributed by atoms with Gasteiger partial charge in [0.05, 0.1) is 55.1 Å². The molecule has 4 aromatic rings. The van der Waals surface area contributed by atoms with Crippen LogP contribution in [0.1, 0.15) is 40.5 Å². The molecule has 0 radical (unpaired) electrons. The van der Waals surface area contributed by atoms with Gasteiger partial charge in [0, 0.05) is 30.2 Å². The van der Waals surface area contributed by atoms with Crippen LogP contribution in [0, 0.1) is 11.3 Å². The number of carbonyl (C=O) groups excluding carboxylic acids is 1. The molecule has 9 heteroatoms. The number of pyridine rings is 2. The van der Waals surface area contributed by atoms with Crippen molar-refractivity contribution in [2.75, 3.05) is 24.6 Å². The number of rotatable bonds is 5. The molecule has 0 aliphatic carbocycles. The van der Waals surface area contributed by atoms with E-state index in [0.717, 1.165) is 52.3 Å². The fourth-order valence-electron chi connectivity index (χ4n) is 4.64. The maximum Gasteiger partial charge on any atom is 0.251 e. The van der Waals surface area contributed by atoms with E-state index in [1.807, 2.05) is 31.2 Å². The van der Waals surface area contributed by atoms with Gasteiger partial charge in [-0.25, -0.2) is 9.97 Å². The van der Waals surface area contributed by atoms with E-state index in [1.54, 1.807) is 30.7 Å². The van der Waals surface area contributed by atoms with E-state index >= 15 is 0 Å². The van der Waals surface area contributed by atoms with Crippen molar-refractivity contribution in [1.29, 1.82) is 5.26 Å². The second-order valence-corrected chi connectivity index (χ2v) is 9.66. The van der Waals surface area contributed by atoms with E-state index in [-0.39, 0.29) is 12.5 Å². The van der Waals surface area contributed by atoms with Gasteiger partial charge in [-0.05, 0) is 54.8 Å². The van der Waals surface area contributed by atoms with Gasteiger partial charge < -0.3 is 15.0 Å². The summed E-state index contributed by atoms with van der Waals surface area (Å²) in [5, 5.41) is 13.5. The summed E-state index contributed by atoms with van der Waals surface area (Å²) in [6.07, 6.45) is 6.44. The molecule has 1 atom stereocenters. The van der Waals surface area contributed by atoms with Crippen molar-refractivity contribution < 1.29 is 9.53 Å². The van der Waals surface area contributed by atoms with Gasteiger partial charge in [0.1, 0.15) is 16.9 Å². The number of aromatic nitrogens is 4. The second kappa shape index (κ2) is 9.22. The summed E-state index contributed by atoms with van der Waals surface area (Å²) in [6.45, 7) is 4.84. The summed E-state index contributed by atoms with van der Waals surface area (Å²) in [5.74, 6) is 0.643. The average molecular weight is 492 g/mol. The van der Waals surface area contributed by atoms with E-state index < -0.39 is 5.41 Å². The molecular formula is C28H25N7O2. The second-order valence-electron chi connectivity index (χ2n) is 9.66. The van der Waals surface area contributed by atoms with E-state index in [1.165, 1.54) is 6.42 Å². The molecular weight excluding hydrogens is 466 g/mol. The molecule has 0 unspecified atom stereocenters. The van der Waals surface area contributed by atoms with Gasteiger partial charge in [-0.2, -0.15) is 5.26 Å². The van der Waals surface area contributed by atoms with Crippen molar-refractivity contribution in [2.45, 2.75) is 31.9 Å². The number of hydrogen-bond donors (Lipinski definition) is 1. The van der Waals surface area contributed by atoms with Crippen LogP contribution in [-0.4, -0.2) is 45.5 Å². The maximum atomic E-state index is 12.9. The monoisotopic (exact) mass is 491 g/mol. The highest BCUT2D eigenvalue weighted by Gasteiger charge is 2.33. The Morgan fingerprint density at radius 1 is 1.14 bits per heavy atom. The molecule has 9 nitrogen and oxygen atoms in total. The van der Waals surface area contributed by atoms with Crippen LogP contribution in [0.4, 0.5) is 5.82 Å². The fraction of sp³-hybridized carbons (Fsp3) is 0.286. The molecule has 184 valence electrons. The summed E-state index contributed by atoms with van der Waals surface area (Å²) in [6, 6.07) is 13.5. The maximum absolute atomic E-state index is 12.9. The fourth-order valence-corrected chi connectivity index (χ4v) is 4.64. The number of ether oxygens (including phenoxy) is 1. The van der Waals surface area contributed by atoms with E-state index in [4.69, 9.17) is 14.7 Å². The van der Waals surface area contributed by atoms with Crippen molar-refractivity contribution in [3.05, 3.63) is 77.4 Å². The first kappa shape index (κ1) is 23.0. The van der Waals surface area contributed by atoms with Crippen LogP contribution in [0.15, 0.2) is 55.0 Å². The third kappa shape index (κ3) is 4.36. The molecule has 3 aromatic heterocycles. The molecule has 2 aliphatic rings. The normalized spacial score (nSPS) is 18.5. The molecule has 6 rings (SSSR count). The quantitative estimate of drug-likeness (QED) is 0.451. The Hall–Kier alpha value is -4.42. The lowest BCUT2D eigenvalue weighted by atomic mass is 9.79. The molecule has 0 bridgehead atoms. The molecule has 1 aromatic carbocycles. The van der Waals surface area contributed by atoms with Crippen LogP contribution in [0.3, 0.4) is 0 Å². The highest BCUT2D eigenvalue weighted by molar-refractivity contribution is 5.94. The van der Waals surface area contributed by atoms with Crippen LogP contribution in [0.2, 0.25) is 0 Å². The Morgan fingerprint density at radius 3 is 2.84 bits per heavy atom. The number of nitrogens with one attached hydrogen (secondary N) is 1. The minimum Gasteiger partial charge on any atom is -0.375 e. The van der Waals surface area contributed by atoms with Crippen molar-refractivity contribution in [3.8, 4) is 17.5 Å². The van der Waals surface area contributed by atoms with Crippen LogP contribution in [0.25, 0.3) is 22.3 Å². The van der Waals surface area contributed by atoms with Crippen molar-refractivity contribution >= 4 is 22.6 Å². The standard InChI is InChI=1S/C28H25N7O2/c1-28(16-29)17-37-15-20-4-3-18(9-22(20)28)27(36)32-12-21-10-24-19(11-31-21)5-6-23(33-24)25-13-30-14-26(34-25)35-7-2-8-35/h3-6,9-11,13-14H,2,7-8,12,15,17H2,1H3,(H,32,36)/t28-/m1/s1. The van der Waals surface area contributed by atoms with E-state index in [2.05, 4.69) is 26.3 Å². The predicted octanol–water partition coefficient (Wildman–Crippen LogP) is 3.54. The first-order chi connectivity index (χ1) is 18.0. The van der Waals surface area contributed by atoms with Crippen molar-refractivity contribution in [1.82, 2.24) is 25.3 Å². The molecule has 5 heterocycles. The third-order valence-corrected chi connectivity index (χ3v) is 6.99. The Morgan fingerprint density at radius 2 is 2.03 bits per heavy atom. The number of fused-ring (bicyclic) bond motifs is 2. The zero-order valence-corrected chi connectivity index (χ0v) is 20.4. The molecule has 0 spiro atoms. The van der Waals surface area contributed by atoms with E-state index in [9.17, 15) is 10.1 Å². The van der Waals surface area contributed by atoms with Crippen LogP contribution >= 0.6 is 0 Å². The summed E-state index contributed by atoms with van der Waals surface area (Å²) in [4.78, 5) is 33.5. The number of carbonyl (C=O) groups is 1. The number of hydrogen-bond acceptors (Lipinski definition) is 8. The van der Waals surface area contributed by atoms with Gasteiger partial charge in [-0.3, -0.25) is 14.8 Å². The lowest BCUT2D eigenvalue weighted by molar-refractivity contribution is 0.0757. The summed E-state index contributed by atoms with van der Waals surface area (Å²) >= 11 is 0. The lowest BCUT2D eigenvalue weighted by Gasteiger charge is -2.31. The van der Waals surface area contributed by atoms with Gasteiger partial charge in [-0.15, -0.1) is 0 Å². The van der Waals surface area contributed by atoms with Crippen molar-refractivity contribution in [3.63, 3.8) is 0 Å². The van der Waals surface area contributed by atoms with Crippen molar-refractivity contribution in [2.24, 2.45) is 0 Å². The number of anilines is 1. The van der Waals surface area contributed by atoms with Gasteiger partial charge in [-0.1, -0.05) is 6.07 Å². The Bertz CT molecular complexity index is 1560. The first-order valence-corrected chi connectivity index (χ1v) is 12.3. The molecule has 2 aliphatic heterocycles. The molecule has 1 N–H and O–H groups in total. The average Bonchev–Trinajstić information content (AvgIpc) is 2.90. The molecule has 0 saturated carbocycles. The Labute approximate surface area is 214 Å². The first-order valence-electron chi connectivity index (χ1n) is 12.3. The van der Waals surface area contributed by atoms with Gasteiger partial charge in [0.2, 0.25) is 0 Å². The number of nitriles is 1. The highest BCUT2D eigenvalue weighted by Crippen LogP contribution is 2.32. The molecule has 1 saturated heterocycles. The minimum absolute atomic E-state index is 0.226. The SMILES string of the molecule is C[C@@]1(C#N)COCc2ccc(C(=O)NCc3cc4nc(-c5cncc(N6CCC6)n5)ccc4cn3)cc21. The van der Waals surface area contributed by atoms with Gasteiger partial charge in [0.15, 0.2) is 0 Å². The number of nitrogens with zero attached hydrogens (tertiary/aromatic N) is 6. The summed E-state index contributed by atoms with van der Waals surface area (Å²) < 4.78 is 5.56. The number of benzene rings is 1. The predicted molar refractivity (Wildman–Crippen MR) is 138 cm³/mol. The zero-order valence-electron chi connectivity index (χ0n) is 20.4. The minimum atomic E-state index is -0.772. The zero-order chi connectivity index (χ0) is 25.4. The molecule has 37 heavy (non-hydrogen) atoms. The smallest absolute Gasteiger partial charge is 0.251 e. The number of amides is 1. The summed E-state index contributed by atoms with van der Waals surface area (Å²) in [5.41, 5.74) is 4.43. The Kier molecular flexibility index (Phi) is 5.74. The topological polar surface area (TPSA) is 117 Å². The van der Waals surface area contributed by atoms with Gasteiger partial charge in [0.25, 0.3) is 5.91 Å². The largest absolute Gasteiger partial charge is 0.375 e. The van der Waals surface area contributed by atoms with Crippen LogP contribution in [-0.2, 0) is 23.3 Å². The van der Waals surface area contributed by atoms with Gasteiger partial charge >= 0.3 is 0 Å². The summed E-state index contributed by atoms with van der Waals surface area (Å²) in [7, 11) is 0. The Balaban J connectivity index is 1.20. The molecule has 1 fully saturated rings. The van der Waals surface area contributed by atoms with E-state index in [0.29, 0.717) is 24.5 Å². The molecule has 1 amide bonds.